The summed E-state index contributed by atoms with van der Waals surface area (Å²) in [5.41, 5.74) is 1.75. The van der Waals surface area contributed by atoms with E-state index in [-0.39, 0.29) is 11.9 Å². The van der Waals surface area contributed by atoms with Gasteiger partial charge in [-0.05, 0) is 43.9 Å². The van der Waals surface area contributed by atoms with Crippen LogP contribution in [0.1, 0.15) is 25.3 Å². The number of esters is 1. The third-order valence-corrected chi connectivity index (χ3v) is 4.82. The zero-order chi connectivity index (χ0) is 15.0. The van der Waals surface area contributed by atoms with Crippen LogP contribution in [-0.2, 0) is 16.0 Å². The number of halogens is 1. The summed E-state index contributed by atoms with van der Waals surface area (Å²) in [4.78, 5) is 12.3. The Balaban J connectivity index is 1.87. The predicted octanol–water partition coefficient (Wildman–Crippen LogP) is 3.79. The number of fused-ring (bicyclic) bond motifs is 1. The van der Waals surface area contributed by atoms with E-state index in [0.29, 0.717) is 30.4 Å². The fourth-order valence-corrected chi connectivity index (χ4v) is 3.81. The summed E-state index contributed by atoms with van der Waals surface area (Å²) >= 11 is 6.24. The number of cyclic esters (lactones) is 1. The van der Waals surface area contributed by atoms with Gasteiger partial charge in [0, 0.05) is 5.92 Å². The van der Waals surface area contributed by atoms with Crippen molar-refractivity contribution in [1.29, 1.82) is 0 Å². The molecule has 1 aliphatic carbocycles. The van der Waals surface area contributed by atoms with Gasteiger partial charge in [0.15, 0.2) is 0 Å². The molecule has 4 heteroatoms. The number of ether oxygens (including phenoxy) is 2. The summed E-state index contributed by atoms with van der Waals surface area (Å²) in [6, 6.07) is 5.75. The molecule has 21 heavy (non-hydrogen) atoms. The van der Waals surface area contributed by atoms with E-state index in [1.54, 1.807) is 0 Å². The highest BCUT2D eigenvalue weighted by atomic mass is 35.5. The number of hydrogen-bond acceptors (Lipinski definition) is 3. The molecule has 0 radical (unpaired) electrons. The van der Waals surface area contributed by atoms with Crippen molar-refractivity contribution in [2.75, 3.05) is 13.2 Å². The highest BCUT2D eigenvalue weighted by molar-refractivity contribution is 6.32. The predicted molar refractivity (Wildman–Crippen MR) is 81.6 cm³/mol. The number of carbonyl (C=O) groups is 1. The van der Waals surface area contributed by atoms with Gasteiger partial charge < -0.3 is 9.47 Å². The van der Waals surface area contributed by atoms with Crippen LogP contribution in [0.5, 0.6) is 5.75 Å². The van der Waals surface area contributed by atoms with Crippen molar-refractivity contribution in [3.8, 4) is 5.75 Å². The monoisotopic (exact) mass is 306 g/mol. The summed E-state index contributed by atoms with van der Waals surface area (Å²) in [5.74, 6) is 0.848. The van der Waals surface area contributed by atoms with Crippen LogP contribution < -0.4 is 4.74 Å². The Morgan fingerprint density at radius 1 is 1.52 bits per heavy atom. The normalized spacial score (nSPS) is 27.6. The number of hydrogen-bond donors (Lipinski definition) is 0. The molecule has 3 nitrogen and oxygen atoms in total. The molecule has 2 unspecified atom stereocenters. The van der Waals surface area contributed by atoms with Crippen LogP contribution in [0.4, 0.5) is 0 Å². The minimum atomic E-state index is -0.437. The van der Waals surface area contributed by atoms with Crippen molar-refractivity contribution in [2.24, 2.45) is 11.3 Å². The molecule has 3 rings (SSSR count). The number of rotatable bonds is 4. The van der Waals surface area contributed by atoms with Crippen LogP contribution in [0.3, 0.4) is 0 Å². The average Bonchev–Trinajstić information content (AvgIpc) is 2.89. The van der Waals surface area contributed by atoms with E-state index in [2.05, 4.69) is 6.58 Å². The highest BCUT2D eigenvalue weighted by Gasteiger charge is 2.55. The molecule has 0 amide bonds. The number of allylic oxidation sites excluding steroid dienone is 1. The molecule has 1 heterocycles. The van der Waals surface area contributed by atoms with Gasteiger partial charge >= 0.3 is 5.97 Å². The van der Waals surface area contributed by atoms with E-state index >= 15 is 0 Å². The van der Waals surface area contributed by atoms with Gasteiger partial charge in [-0.15, -0.1) is 0 Å². The lowest BCUT2D eigenvalue weighted by Gasteiger charge is -2.24. The molecule has 1 aromatic carbocycles. The maximum Gasteiger partial charge on any atom is 0.313 e. The Hall–Kier alpha value is -1.48. The van der Waals surface area contributed by atoms with Gasteiger partial charge in [0.05, 0.1) is 23.7 Å². The van der Waals surface area contributed by atoms with Gasteiger partial charge in [0.1, 0.15) is 5.75 Å². The minimum absolute atomic E-state index is 0.0869. The van der Waals surface area contributed by atoms with Crippen molar-refractivity contribution in [1.82, 2.24) is 0 Å². The molecule has 1 saturated heterocycles. The SMILES string of the molecule is C=C1CC2COC(=O)C2(Cc2ccc(OCC)c(Cl)c2)C1. The Bertz CT molecular complexity index is 596. The molecule has 0 N–H and O–H groups in total. The standard InChI is InChI=1S/C17H19ClO3/c1-3-20-15-5-4-12(7-14(15)18)9-17-8-11(2)6-13(17)10-21-16(17)19/h4-5,7,13H,2-3,6,8-10H2,1H3. The quantitative estimate of drug-likeness (QED) is 0.627. The first kappa shape index (κ1) is 14.5. The van der Waals surface area contributed by atoms with Gasteiger partial charge in [-0.3, -0.25) is 4.79 Å². The van der Waals surface area contributed by atoms with Crippen molar-refractivity contribution >= 4 is 17.6 Å². The molecular formula is C17H19ClO3. The molecule has 1 saturated carbocycles. The summed E-state index contributed by atoms with van der Waals surface area (Å²) < 4.78 is 10.7. The first-order chi connectivity index (χ1) is 10.0. The molecule has 1 aliphatic heterocycles. The lowest BCUT2D eigenvalue weighted by molar-refractivity contribution is -0.146. The van der Waals surface area contributed by atoms with Crippen molar-refractivity contribution in [2.45, 2.75) is 26.2 Å². The van der Waals surface area contributed by atoms with Crippen LogP contribution in [0.15, 0.2) is 30.4 Å². The maximum absolute atomic E-state index is 12.3. The Morgan fingerprint density at radius 2 is 2.33 bits per heavy atom. The summed E-state index contributed by atoms with van der Waals surface area (Å²) in [5, 5.41) is 0.588. The Kier molecular flexibility index (Phi) is 3.70. The summed E-state index contributed by atoms with van der Waals surface area (Å²) in [7, 11) is 0. The fraction of sp³-hybridized carbons (Fsp3) is 0.471. The molecule has 0 spiro atoms. The molecule has 2 atom stereocenters. The van der Waals surface area contributed by atoms with Gasteiger partial charge in [0.25, 0.3) is 0 Å². The lowest BCUT2D eigenvalue weighted by Crippen LogP contribution is -2.31. The van der Waals surface area contributed by atoms with Gasteiger partial charge in [-0.1, -0.05) is 29.8 Å². The van der Waals surface area contributed by atoms with E-state index in [1.165, 1.54) is 0 Å². The number of benzene rings is 1. The van der Waals surface area contributed by atoms with Crippen molar-refractivity contribution in [3.63, 3.8) is 0 Å². The van der Waals surface area contributed by atoms with Gasteiger partial charge in [-0.25, -0.2) is 0 Å². The van der Waals surface area contributed by atoms with Gasteiger partial charge in [0.2, 0.25) is 0 Å². The van der Waals surface area contributed by atoms with Crippen LogP contribution in [-0.4, -0.2) is 19.2 Å². The van der Waals surface area contributed by atoms with Gasteiger partial charge in [-0.2, -0.15) is 0 Å². The summed E-state index contributed by atoms with van der Waals surface area (Å²) in [6.07, 6.45) is 2.26. The van der Waals surface area contributed by atoms with Crippen LogP contribution >= 0.6 is 11.6 Å². The third kappa shape index (κ3) is 2.44. The zero-order valence-corrected chi connectivity index (χ0v) is 12.9. The van der Waals surface area contributed by atoms with Crippen LogP contribution in [0, 0.1) is 11.3 Å². The van der Waals surface area contributed by atoms with E-state index in [9.17, 15) is 4.79 Å². The van der Waals surface area contributed by atoms with Crippen LogP contribution in [0.25, 0.3) is 0 Å². The topological polar surface area (TPSA) is 35.5 Å². The number of carbonyl (C=O) groups excluding carboxylic acids is 1. The second-order valence-electron chi connectivity index (χ2n) is 5.96. The smallest absolute Gasteiger partial charge is 0.313 e. The Labute approximate surface area is 129 Å². The highest BCUT2D eigenvalue weighted by Crippen LogP contribution is 2.52. The fourth-order valence-electron chi connectivity index (χ4n) is 3.55. The molecular weight excluding hydrogens is 288 g/mol. The molecule has 2 fully saturated rings. The zero-order valence-electron chi connectivity index (χ0n) is 12.2. The molecule has 112 valence electrons. The first-order valence-corrected chi connectivity index (χ1v) is 7.68. The molecule has 0 aromatic heterocycles. The van der Waals surface area contributed by atoms with Crippen molar-refractivity contribution < 1.29 is 14.3 Å². The average molecular weight is 307 g/mol. The first-order valence-electron chi connectivity index (χ1n) is 7.30. The molecule has 2 aliphatic rings. The van der Waals surface area contributed by atoms with Crippen molar-refractivity contribution in [3.05, 3.63) is 40.9 Å². The minimum Gasteiger partial charge on any atom is -0.492 e. The summed E-state index contributed by atoms with van der Waals surface area (Å²) in [6.45, 7) is 7.08. The Morgan fingerprint density at radius 3 is 3.05 bits per heavy atom. The lowest BCUT2D eigenvalue weighted by atomic mass is 9.75. The molecule has 1 aromatic rings. The van der Waals surface area contributed by atoms with Crippen LogP contribution in [0.2, 0.25) is 5.02 Å². The largest absolute Gasteiger partial charge is 0.492 e. The van der Waals surface area contributed by atoms with E-state index in [1.807, 2.05) is 25.1 Å². The second-order valence-corrected chi connectivity index (χ2v) is 6.36. The maximum atomic E-state index is 12.3. The van der Waals surface area contributed by atoms with E-state index in [4.69, 9.17) is 21.1 Å². The second kappa shape index (κ2) is 5.38. The third-order valence-electron chi connectivity index (χ3n) is 4.52. The van der Waals surface area contributed by atoms with E-state index < -0.39 is 5.41 Å². The molecule has 0 bridgehead atoms. The van der Waals surface area contributed by atoms with E-state index in [0.717, 1.165) is 24.0 Å².